The van der Waals surface area contributed by atoms with Crippen LogP contribution in [0.4, 0.5) is 5.13 Å². The summed E-state index contributed by atoms with van der Waals surface area (Å²) in [6.45, 7) is 11.1. The summed E-state index contributed by atoms with van der Waals surface area (Å²) in [7, 11) is 3.29. The predicted octanol–water partition coefficient (Wildman–Crippen LogP) is 2.60. The molecule has 28 heavy (non-hydrogen) atoms. The molecule has 1 aromatic heterocycles. The molecular formula is C20H30N4O3S. The molecule has 0 bridgehead atoms. The molecule has 0 atom stereocenters. The zero-order valence-corrected chi connectivity index (χ0v) is 18.2. The monoisotopic (exact) mass is 406 g/mol. The first-order valence-corrected chi connectivity index (χ1v) is 10.4. The van der Waals surface area contributed by atoms with Gasteiger partial charge < -0.3 is 19.7 Å². The van der Waals surface area contributed by atoms with Crippen molar-refractivity contribution >= 4 is 32.6 Å². The van der Waals surface area contributed by atoms with Crippen molar-refractivity contribution in [3.05, 3.63) is 12.1 Å². The SMILES string of the molecule is COc1ccc2sc(N3CCN(CCNC(=O)C(C)(C)C)CC3)nc2c1OC. The number of thiazole rings is 1. The van der Waals surface area contributed by atoms with Crippen molar-refractivity contribution in [3.8, 4) is 11.5 Å². The number of benzene rings is 1. The van der Waals surface area contributed by atoms with Crippen molar-refractivity contribution < 1.29 is 14.3 Å². The van der Waals surface area contributed by atoms with Crippen LogP contribution < -0.4 is 19.7 Å². The molecule has 1 N–H and O–H groups in total. The molecule has 1 aliphatic rings. The Morgan fingerprint density at radius 1 is 1.18 bits per heavy atom. The molecule has 1 saturated heterocycles. The molecule has 0 spiro atoms. The van der Waals surface area contributed by atoms with E-state index in [2.05, 4.69) is 15.1 Å². The van der Waals surface area contributed by atoms with Crippen LogP contribution in [0.5, 0.6) is 11.5 Å². The molecule has 1 aliphatic heterocycles. The maximum atomic E-state index is 12.0. The fraction of sp³-hybridized carbons (Fsp3) is 0.600. The Kier molecular flexibility index (Phi) is 6.30. The Morgan fingerprint density at radius 3 is 2.50 bits per heavy atom. The van der Waals surface area contributed by atoms with Crippen LogP contribution in [0.3, 0.4) is 0 Å². The molecule has 0 saturated carbocycles. The Labute approximate surface area is 170 Å². The highest BCUT2D eigenvalue weighted by Gasteiger charge is 2.23. The number of ether oxygens (including phenoxy) is 2. The van der Waals surface area contributed by atoms with Gasteiger partial charge in [0.2, 0.25) is 5.91 Å². The minimum atomic E-state index is -0.338. The molecule has 3 rings (SSSR count). The summed E-state index contributed by atoms with van der Waals surface area (Å²) >= 11 is 1.68. The number of carbonyl (C=O) groups is 1. The number of nitrogens with one attached hydrogen (secondary N) is 1. The lowest BCUT2D eigenvalue weighted by Crippen LogP contribution is -2.49. The van der Waals surface area contributed by atoms with Crippen molar-refractivity contribution in [2.45, 2.75) is 20.8 Å². The summed E-state index contributed by atoms with van der Waals surface area (Å²) in [5.41, 5.74) is 0.518. The molecule has 2 heterocycles. The van der Waals surface area contributed by atoms with Gasteiger partial charge in [0.15, 0.2) is 16.6 Å². The van der Waals surface area contributed by atoms with E-state index in [1.54, 1.807) is 25.6 Å². The van der Waals surface area contributed by atoms with Gasteiger partial charge in [0.1, 0.15) is 5.52 Å². The molecular weight excluding hydrogens is 376 g/mol. The number of carbonyl (C=O) groups excluding carboxylic acids is 1. The van der Waals surface area contributed by atoms with Gasteiger partial charge in [-0.2, -0.15) is 0 Å². The maximum absolute atomic E-state index is 12.0. The second kappa shape index (κ2) is 8.53. The van der Waals surface area contributed by atoms with Gasteiger partial charge in [0.05, 0.1) is 18.9 Å². The lowest BCUT2D eigenvalue weighted by molar-refractivity contribution is -0.128. The number of piperazine rings is 1. The first-order chi connectivity index (χ1) is 13.3. The van der Waals surface area contributed by atoms with Gasteiger partial charge in [0.25, 0.3) is 0 Å². The highest BCUT2D eigenvalue weighted by atomic mass is 32.1. The summed E-state index contributed by atoms with van der Waals surface area (Å²) in [5, 5.41) is 4.04. The van der Waals surface area contributed by atoms with Crippen LogP contribution in [0.25, 0.3) is 10.2 Å². The van der Waals surface area contributed by atoms with Gasteiger partial charge >= 0.3 is 0 Å². The third-order valence-electron chi connectivity index (χ3n) is 4.93. The first kappa shape index (κ1) is 20.7. The maximum Gasteiger partial charge on any atom is 0.225 e. The number of nitrogens with zero attached hydrogens (tertiary/aromatic N) is 3. The van der Waals surface area contributed by atoms with E-state index in [0.29, 0.717) is 18.0 Å². The van der Waals surface area contributed by atoms with Crippen molar-refractivity contribution in [1.29, 1.82) is 0 Å². The van der Waals surface area contributed by atoms with Gasteiger partial charge in [-0.3, -0.25) is 9.69 Å². The van der Waals surface area contributed by atoms with Gasteiger partial charge in [-0.1, -0.05) is 32.1 Å². The minimum Gasteiger partial charge on any atom is -0.493 e. The Balaban J connectivity index is 1.57. The minimum absolute atomic E-state index is 0.102. The normalized spacial score (nSPS) is 15.7. The van der Waals surface area contributed by atoms with Crippen LogP contribution in [0, 0.1) is 5.41 Å². The Hall–Kier alpha value is -2.06. The Bertz CT molecular complexity index is 823. The number of methoxy groups -OCH3 is 2. The number of fused-ring (bicyclic) bond motifs is 1. The number of hydrogen-bond donors (Lipinski definition) is 1. The van der Waals surface area contributed by atoms with E-state index >= 15 is 0 Å². The average Bonchev–Trinajstić information content (AvgIpc) is 3.11. The van der Waals surface area contributed by atoms with E-state index in [-0.39, 0.29) is 11.3 Å². The van der Waals surface area contributed by atoms with Crippen molar-refractivity contribution in [2.24, 2.45) is 5.41 Å². The molecule has 8 heteroatoms. The van der Waals surface area contributed by atoms with Gasteiger partial charge in [-0.05, 0) is 12.1 Å². The largest absolute Gasteiger partial charge is 0.493 e. The quantitative estimate of drug-likeness (QED) is 0.795. The number of rotatable bonds is 6. The highest BCUT2D eigenvalue weighted by Crippen LogP contribution is 2.39. The summed E-state index contributed by atoms with van der Waals surface area (Å²) in [6, 6.07) is 3.96. The molecule has 7 nitrogen and oxygen atoms in total. The third kappa shape index (κ3) is 4.50. The zero-order valence-electron chi connectivity index (χ0n) is 17.4. The van der Waals surface area contributed by atoms with E-state index in [9.17, 15) is 4.79 Å². The predicted molar refractivity (Wildman–Crippen MR) is 114 cm³/mol. The van der Waals surface area contributed by atoms with Crippen LogP contribution in [0.2, 0.25) is 0 Å². The fourth-order valence-corrected chi connectivity index (χ4v) is 4.20. The lowest BCUT2D eigenvalue weighted by atomic mass is 9.96. The van der Waals surface area contributed by atoms with E-state index < -0.39 is 0 Å². The fourth-order valence-electron chi connectivity index (χ4n) is 3.19. The smallest absolute Gasteiger partial charge is 0.225 e. The van der Waals surface area contributed by atoms with Gasteiger partial charge in [0, 0.05) is 44.7 Å². The van der Waals surface area contributed by atoms with E-state index in [1.165, 1.54) is 0 Å². The Morgan fingerprint density at radius 2 is 1.89 bits per heavy atom. The molecule has 2 aromatic rings. The molecule has 1 aromatic carbocycles. The van der Waals surface area contributed by atoms with E-state index in [1.807, 2.05) is 32.9 Å². The summed E-state index contributed by atoms with van der Waals surface area (Å²) in [4.78, 5) is 21.5. The van der Waals surface area contributed by atoms with Crippen LogP contribution in [-0.4, -0.2) is 69.3 Å². The lowest BCUT2D eigenvalue weighted by Gasteiger charge is -2.34. The van der Waals surface area contributed by atoms with Crippen molar-refractivity contribution in [2.75, 3.05) is 58.4 Å². The van der Waals surface area contributed by atoms with E-state index in [0.717, 1.165) is 48.1 Å². The molecule has 154 valence electrons. The second-order valence-corrected chi connectivity index (χ2v) is 8.99. The average molecular weight is 407 g/mol. The van der Waals surface area contributed by atoms with Crippen LogP contribution in [-0.2, 0) is 4.79 Å². The van der Waals surface area contributed by atoms with Gasteiger partial charge in [-0.25, -0.2) is 4.98 Å². The van der Waals surface area contributed by atoms with E-state index in [4.69, 9.17) is 14.5 Å². The number of amides is 1. The topological polar surface area (TPSA) is 66.9 Å². The van der Waals surface area contributed by atoms with Crippen LogP contribution in [0.15, 0.2) is 12.1 Å². The standard InChI is InChI=1S/C20H30N4O3S/c1-20(2,3)18(25)21-8-9-23-10-12-24(13-11-23)19-22-16-15(28-19)7-6-14(26-4)17(16)27-5/h6-7H,8-13H2,1-5H3,(H,21,25). The molecule has 0 unspecified atom stereocenters. The highest BCUT2D eigenvalue weighted by molar-refractivity contribution is 7.22. The number of aromatic nitrogens is 1. The molecule has 1 amide bonds. The molecule has 0 radical (unpaired) electrons. The zero-order chi connectivity index (χ0) is 20.3. The second-order valence-electron chi connectivity index (χ2n) is 7.98. The van der Waals surface area contributed by atoms with Crippen LogP contribution >= 0.6 is 11.3 Å². The summed E-state index contributed by atoms with van der Waals surface area (Å²) in [6.07, 6.45) is 0. The third-order valence-corrected chi connectivity index (χ3v) is 6.01. The summed E-state index contributed by atoms with van der Waals surface area (Å²) < 4.78 is 12.0. The van der Waals surface area contributed by atoms with Crippen molar-refractivity contribution in [1.82, 2.24) is 15.2 Å². The summed E-state index contributed by atoms with van der Waals surface area (Å²) in [5.74, 6) is 1.50. The van der Waals surface area contributed by atoms with Crippen LogP contribution in [0.1, 0.15) is 20.8 Å². The van der Waals surface area contributed by atoms with Gasteiger partial charge in [-0.15, -0.1) is 0 Å². The number of anilines is 1. The molecule has 1 fully saturated rings. The number of hydrogen-bond acceptors (Lipinski definition) is 7. The molecule has 0 aliphatic carbocycles. The first-order valence-electron chi connectivity index (χ1n) is 9.60. The van der Waals surface area contributed by atoms with Crippen molar-refractivity contribution in [3.63, 3.8) is 0 Å².